The van der Waals surface area contributed by atoms with Crippen molar-refractivity contribution in [1.29, 1.82) is 0 Å². The number of hydrazine groups is 1. The fourth-order valence-corrected chi connectivity index (χ4v) is 4.35. The van der Waals surface area contributed by atoms with E-state index in [1.807, 2.05) is 6.07 Å². The number of halogens is 1. The number of nitrogens with zero attached hydrogens (tertiary/aromatic N) is 4. The van der Waals surface area contributed by atoms with Crippen LogP contribution in [0.15, 0.2) is 48.5 Å². The smallest absolute Gasteiger partial charge is 0.125 e. The van der Waals surface area contributed by atoms with Crippen molar-refractivity contribution in [3.8, 4) is 0 Å². The SMILES string of the molecule is CCCN1c2ccc(F)cc2N(N2CCN(Cc3ccccc3)CC2)C1C. The third-order valence-corrected chi connectivity index (χ3v) is 5.67. The number of hydrogen-bond donors (Lipinski definition) is 0. The van der Waals surface area contributed by atoms with E-state index in [1.54, 1.807) is 12.1 Å². The summed E-state index contributed by atoms with van der Waals surface area (Å²) in [4.78, 5) is 4.90. The molecule has 1 saturated heterocycles. The van der Waals surface area contributed by atoms with Crippen LogP contribution in [-0.2, 0) is 6.54 Å². The molecule has 2 aromatic carbocycles. The van der Waals surface area contributed by atoms with E-state index in [1.165, 1.54) is 5.56 Å². The van der Waals surface area contributed by atoms with Gasteiger partial charge in [-0.3, -0.25) is 9.91 Å². The molecule has 0 amide bonds. The first kappa shape index (κ1) is 18.3. The van der Waals surface area contributed by atoms with E-state index in [9.17, 15) is 4.39 Å². The molecule has 0 saturated carbocycles. The standard InChI is InChI=1S/C22H29FN4/c1-3-11-26-18(2)27(22-16-20(23)9-10-21(22)26)25-14-12-24(13-15-25)17-19-7-5-4-6-8-19/h4-10,16,18H,3,11-15,17H2,1-2H3. The van der Waals surface area contributed by atoms with E-state index in [0.29, 0.717) is 0 Å². The van der Waals surface area contributed by atoms with Gasteiger partial charge >= 0.3 is 0 Å². The Morgan fingerprint density at radius 1 is 0.963 bits per heavy atom. The lowest BCUT2D eigenvalue weighted by atomic mass is 10.2. The molecule has 4 nitrogen and oxygen atoms in total. The van der Waals surface area contributed by atoms with Gasteiger partial charge in [-0.05, 0) is 31.0 Å². The van der Waals surface area contributed by atoms with Crippen molar-refractivity contribution in [3.63, 3.8) is 0 Å². The number of rotatable bonds is 5. The summed E-state index contributed by atoms with van der Waals surface area (Å²) in [5.41, 5.74) is 3.52. The topological polar surface area (TPSA) is 13.0 Å². The van der Waals surface area contributed by atoms with Gasteiger partial charge in [-0.1, -0.05) is 37.3 Å². The first-order valence-electron chi connectivity index (χ1n) is 10.0. The molecule has 0 spiro atoms. The molecule has 27 heavy (non-hydrogen) atoms. The normalized spacial score (nSPS) is 20.9. The zero-order chi connectivity index (χ0) is 18.8. The van der Waals surface area contributed by atoms with Gasteiger partial charge in [0.1, 0.15) is 12.0 Å². The predicted octanol–water partition coefficient (Wildman–Crippen LogP) is 3.94. The molecule has 5 heteroatoms. The number of anilines is 2. The molecule has 0 bridgehead atoms. The van der Waals surface area contributed by atoms with Gasteiger partial charge in [0.2, 0.25) is 0 Å². The van der Waals surface area contributed by atoms with Crippen molar-refractivity contribution in [2.45, 2.75) is 33.0 Å². The minimum atomic E-state index is -0.160. The van der Waals surface area contributed by atoms with E-state index in [4.69, 9.17) is 0 Å². The van der Waals surface area contributed by atoms with Gasteiger partial charge in [-0.15, -0.1) is 0 Å². The lowest BCUT2D eigenvalue weighted by molar-refractivity contribution is 0.111. The molecule has 0 N–H and O–H groups in total. The van der Waals surface area contributed by atoms with Crippen LogP contribution in [0.2, 0.25) is 0 Å². The fourth-order valence-electron chi connectivity index (χ4n) is 4.35. The largest absolute Gasteiger partial charge is 0.349 e. The summed E-state index contributed by atoms with van der Waals surface area (Å²) in [7, 11) is 0. The van der Waals surface area contributed by atoms with Crippen LogP contribution >= 0.6 is 0 Å². The minimum Gasteiger partial charge on any atom is -0.349 e. The summed E-state index contributed by atoms with van der Waals surface area (Å²) in [6.07, 6.45) is 1.31. The first-order chi connectivity index (χ1) is 13.2. The van der Waals surface area contributed by atoms with Gasteiger partial charge in [0.15, 0.2) is 0 Å². The third kappa shape index (κ3) is 3.66. The van der Waals surface area contributed by atoms with Gasteiger partial charge in [-0.2, -0.15) is 0 Å². The van der Waals surface area contributed by atoms with Gasteiger partial charge < -0.3 is 4.90 Å². The summed E-state index contributed by atoms with van der Waals surface area (Å²) < 4.78 is 14.0. The molecule has 1 unspecified atom stereocenters. The quantitative estimate of drug-likeness (QED) is 0.792. The van der Waals surface area contributed by atoms with Crippen LogP contribution in [-0.4, -0.2) is 48.8 Å². The van der Waals surface area contributed by atoms with E-state index in [2.05, 4.69) is 64.0 Å². The van der Waals surface area contributed by atoms with Crippen molar-refractivity contribution in [3.05, 3.63) is 59.9 Å². The van der Waals surface area contributed by atoms with Crippen molar-refractivity contribution < 1.29 is 4.39 Å². The second kappa shape index (κ2) is 7.87. The Morgan fingerprint density at radius 3 is 2.41 bits per heavy atom. The molecule has 2 aromatic rings. The lowest BCUT2D eigenvalue weighted by Crippen LogP contribution is -2.57. The highest BCUT2D eigenvalue weighted by atomic mass is 19.1. The van der Waals surface area contributed by atoms with Crippen molar-refractivity contribution >= 4 is 11.4 Å². The van der Waals surface area contributed by atoms with Crippen molar-refractivity contribution in [2.75, 3.05) is 42.6 Å². The second-order valence-corrected chi connectivity index (χ2v) is 7.52. The number of piperazine rings is 1. The number of hydrogen-bond acceptors (Lipinski definition) is 4. The molecule has 0 aromatic heterocycles. The van der Waals surface area contributed by atoms with Crippen molar-refractivity contribution in [1.82, 2.24) is 9.91 Å². The molecule has 1 fully saturated rings. The van der Waals surface area contributed by atoms with Gasteiger partial charge in [0, 0.05) is 45.3 Å². The summed E-state index contributed by atoms with van der Waals surface area (Å²) in [6.45, 7) is 10.4. The molecule has 0 aliphatic carbocycles. The molecule has 2 aliphatic heterocycles. The van der Waals surface area contributed by atoms with E-state index in [-0.39, 0.29) is 12.0 Å². The maximum atomic E-state index is 14.0. The van der Waals surface area contributed by atoms with E-state index >= 15 is 0 Å². The number of benzene rings is 2. The lowest BCUT2D eigenvalue weighted by Gasteiger charge is -2.43. The Hall–Kier alpha value is -2.11. The summed E-state index contributed by atoms with van der Waals surface area (Å²) >= 11 is 0. The molecular formula is C22H29FN4. The zero-order valence-corrected chi connectivity index (χ0v) is 16.3. The monoisotopic (exact) mass is 368 g/mol. The highest BCUT2D eigenvalue weighted by Gasteiger charge is 2.37. The molecular weight excluding hydrogens is 339 g/mol. The first-order valence-corrected chi connectivity index (χ1v) is 10.0. The Morgan fingerprint density at radius 2 is 1.70 bits per heavy atom. The molecule has 144 valence electrons. The minimum absolute atomic E-state index is 0.160. The Balaban J connectivity index is 1.47. The van der Waals surface area contributed by atoms with Crippen LogP contribution in [0.5, 0.6) is 0 Å². The molecule has 2 heterocycles. The van der Waals surface area contributed by atoms with Crippen LogP contribution in [0.3, 0.4) is 0 Å². The maximum Gasteiger partial charge on any atom is 0.125 e. The van der Waals surface area contributed by atoms with Crippen LogP contribution < -0.4 is 9.91 Å². The Bertz CT molecular complexity index is 758. The van der Waals surface area contributed by atoms with Crippen LogP contribution in [0.25, 0.3) is 0 Å². The zero-order valence-electron chi connectivity index (χ0n) is 16.3. The molecule has 2 aliphatic rings. The van der Waals surface area contributed by atoms with Gasteiger partial charge in [-0.25, -0.2) is 9.40 Å². The van der Waals surface area contributed by atoms with E-state index in [0.717, 1.165) is 57.1 Å². The fraction of sp³-hybridized carbons (Fsp3) is 0.455. The van der Waals surface area contributed by atoms with Crippen LogP contribution in [0.4, 0.5) is 15.8 Å². The number of fused-ring (bicyclic) bond motifs is 1. The van der Waals surface area contributed by atoms with Gasteiger partial charge in [0.05, 0.1) is 11.4 Å². The highest BCUT2D eigenvalue weighted by Crippen LogP contribution is 2.41. The Labute approximate surface area is 161 Å². The van der Waals surface area contributed by atoms with Gasteiger partial charge in [0.25, 0.3) is 0 Å². The highest BCUT2D eigenvalue weighted by molar-refractivity contribution is 5.77. The second-order valence-electron chi connectivity index (χ2n) is 7.52. The Kier molecular flexibility index (Phi) is 5.32. The van der Waals surface area contributed by atoms with Crippen LogP contribution in [0, 0.1) is 5.82 Å². The average Bonchev–Trinajstić information content (AvgIpc) is 2.95. The van der Waals surface area contributed by atoms with Crippen molar-refractivity contribution in [2.24, 2.45) is 0 Å². The summed E-state index contributed by atoms with van der Waals surface area (Å²) in [5.74, 6) is -0.160. The van der Waals surface area contributed by atoms with Crippen LogP contribution in [0.1, 0.15) is 25.8 Å². The van der Waals surface area contributed by atoms with E-state index < -0.39 is 0 Å². The average molecular weight is 369 g/mol. The molecule has 4 rings (SSSR count). The summed E-state index contributed by atoms with van der Waals surface area (Å²) in [5, 5.41) is 4.72. The third-order valence-electron chi connectivity index (χ3n) is 5.67. The predicted molar refractivity (Wildman–Crippen MR) is 109 cm³/mol. The molecule has 0 radical (unpaired) electrons. The maximum absolute atomic E-state index is 14.0. The summed E-state index contributed by atoms with van der Waals surface area (Å²) in [6, 6.07) is 15.9. The molecule has 1 atom stereocenters.